The predicted octanol–water partition coefficient (Wildman–Crippen LogP) is 0.876. The molecule has 0 saturated carbocycles. The summed E-state index contributed by atoms with van der Waals surface area (Å²) in [5.74, 6) is -1.40. The topological polar surface area (TPSA) is 70.7 Å². The molecule has 1 atom stereocenters. The van der Waals surface area contributed by atoms with Gasteiger partial charge < -0.3 is 20.3 Å². The fourth-order valence-electron chi connectivity index (χ4n) is 1.96. The SMILES string of the molecule is CN(C)C(=O)c1cc(NC(=O)C2CNCCO2)ccc1F.Cl. The quantitative estimate of drug-likeness (QED) is 0.862. The summed E-state index contributed by atoms with van der Waals surface area (Å²) in [4.78, 5) is 25.1. The van der Waals surface area contributed by atoms with Crippen LogP contribution in [0, 0.1) is 5.82 Å². The third kappa shape index (κ3) is 4.40. The van der Waals surface area contributed by atoms with E-state index in [4.69, 9.17) is 4.74 Å². The average Bonchev–Trinajstić information content (AvgIpc) is 2.49. The number of hydrogen-bond acceptors (Lipinski definition) is 4. The number of carbonyl (C=O) groups excluding carboxylic acids is 2. The van der Waals surface area contributed by atoms with E-state index in [1.807, 2.05) is 0 Å². The van der Waals surface area contributed by atoms with Crippen LogP contribution in [0.3, 0.4) is 0 Å². The number of anilines is 1. The molecule has 0 spiro atoms. The summed E-state index contributed by atoms with van der Waals surface area (Å²) in [6.45, 7) is 1.60. The number of ether oxygens (including phenoxy) is 1. The van der Waals surface area contributed by atoms with Gasteiger partial charge in [-0.05, 0) is 18.2 Å². The van der Waals surface area contributed by atoms with Gasteiger partial charge in [0.25, 0.3) is 11.8 Å². The van der Waals surface area contributed by atoms with Gasteiger partial charge >= 0.3 is 0 Å². The zero-order chi connectivity index (χ0) is 15.4. The highest BCUT2D eigenvalue weighted by atomic mass is 35.5. The number of morpholine rings is 1. The van der Waals surface area contributed by atoms with Crippen molar-refractivity contribution >= 4 is 29.9 Å². The molecule has 2 amide bonds. The highest BCUT2D eigenvalue weighted by molar-refractivity contribution is 5.98. The Labute approximate surface area is 134 Å². The molecule has 1 aromatic carbocycles. The van der Waals surface area contributed by atoms with E-state index in [-0.39, 0.29) is 23.9 Å². The number of amides is 2. The lowest BCUT2D eigenvalue weighted by Gasteiger charge is -2.22. The van der Waals surface area contributed by atoms with Crippen molar-refractivity contribution in [2.45, 2.75) is 6.10 Å². The van der Waals surface area contributed by atoms with Crippen LogP contribution in [0.25, 0.3) is 0 Å². The third-order valence-electron chi connectivity index (χ3n) is 3.09. The lowest BCUT2D eigenvalue weighted by molar-refractivity contribution is -0.128. The van der Waals surface area contributed by atoms with Crippen LogP contribution in [0.5, 0.6) is 0 Å². The van der Waals surface area contributed by atoms with Gasteiger partial charge in [-0.25, -0.2) is 4.39 Å². The minimum absolute atomic E-state index is 0. The van der Waals surface area contributed by atoms with E-state index in [9.17, 15) is 14.0 Å². The maximum atomic E-state index is 13.7. The summed E-state index contributed by atoms with van der Waals surface area (Å²) >= 11 is 0. The van der Waals surface area contributed by atoms with E-state index in [1.54, 1.807) is 0 Å². The first-order valence-corrected chi connectivity index (χ1v) is 6.63. The van der Waals surface area contributed by atoms with Gasteiger partial charge in [-0.3, -0.25) is 9.59 Å². The zero-order valence-electron chi connectivity index (χ0n) is 12.4. The molecule has 1 aromatic rings. The monoisotopic (exact) mass is 331 g/mol. The van der Waals surface area contributed by atoms with Gasteiger partial charge in [-0.2, -0.15) is 0 Å². The number of nitrogens with one attached hydrogen (secondary N) is 2. The second kappa shape index (κ2) is 8.07. The zero-order valence-corrected chi connectivity index (χ0v) is 13.2. The maximum Gasteiger partial charge on any atom is 0.256 e. The molecule has 2 rings (SSSR count). The van der Waals surface area contributed by atoms with Crippen molar-refractivity contribution in [1.29, 1.82) is 0 Å². The Kier molecular flexibility index (Phi) is 6.73. The minimum Gasteiger partial charge on any atom is -0.366 e. The van der Waals surface area contributed by atoms with Crippen molar-refractivity contribution in [2.24, 2.45) is 0 Å². The second-order valence-electron chi connectivity index (χ2n) is 4.95. The summed E-state index contributed by atoms with van der Waals surface area (Å²) in [7, 11) is 3.07. The Morgan fingerprint density at radius 2 is 2.14 bits per heavy atom. The largest absolute Gasteiger partial charge is 0.366 e. The third-order valence-corrected chi connectivity index (χ3v) is 3.09. The fourth-order valence-corrected chi connectivity index (χ4v) is 1.96. The Morgan fingerprint density at radius 3 is 2.73 bits per heavy atom. The number of halogens is 2. The number of nitrogens with zero attached hydrogens (tertiary/aromatic N) is 1. The molecule has 1 heterocycles. The van der Waals surface area contributed by atoms with Gasteiger partial charge in [-0.15, -0.1) is 12.4 Å². The summed E-state index contributed by atoms with van der Waals surface area (Å²) in [6.07, 6.45) is -0.586. The van der Waals surface area contributed by atoms with Crippen molar-refractivity contribution in [3.05, 3.63) is 29.6 Å². The highest BCUT2D eigenvalue weighted by Crippen LogP contribution is 2.16. The lowest BCUT2D eigenvalue weighted by atomic mass is 10.1. The van der Waals surface area contributed by atoms with E-state index in [2.05, 4.69) is 10.6 Å². The number of hydrogen-bond donors (Lipinski definition) is 2. The highest BCUT2D eigenvalue weighted by Gasteiger charge is 2.22. The molecule has 8 heteroatoms. The van der Waals surface area contributed by atoms with Crippen LogP contribution in [-0.4, -0.2) is 56.6 Å². The minimum atomic E-state index is -0.623. The summed E-state index contributed by atoms with van der Waals surface area (Å²) < 4.78 is 19.0. The van der Waals surface area contributed by atoms with E-state index in [0.29, 0.717) is 25.4 Å². The maximum absolute atomic E-state index is 13.7. The first-order valence-electron chi connectivity index (χ1n) is 6.63. The van der Waals surface area contributed by atoms with Gasteiger partial charge in [-0.1, -0.05) is 0 Å². The molecular formula is C14H19ClFN3O3. The van der Waals surface area contributed by atoms with Crippen molar-refractivity contribution in [1.82, 2.24) is 10.2 Å². The van der Waals surface area contributed by atoms with Gasteiger partial charge in [0, 0.05) is 32.9 Å². The van der Waals surface area contributed by atoms with Crippen molar-refractivity contribution in [2.75, 3.05) is 39.1 Å². The number of benzene rings is 1. The van der Waals surface area contributed by atoms with Crippen molar-refractivity contribution < 1.29 is 18.7 Å². The molecule has 1 fully saturated rings. The second-order valence-corrected chi connectivity index (χ2v) is 4.95. The molecule has 0 aliphatic carbocycles. The van der Waals surface area contributed by atoms with Crippen LogP contribution in [0.2, 0.25) is 0 Å². The predicted molar refractivity (Wildman–Crippen MR) is 82.9 cm³/mol. The van der Waals surface area contributed by atoms with Crippen LogP contribution >= 0.6 is 12.4 Å². The van der Waals surface area contributed by atoms with Crippen LogP contribution in [0.4, 0.5) is 10.1 Å². The van der Waals surface area contributed by atoms with Crippen molar-refractivity contribution in [3.63, 3.8) is 0 Å². The van der Waals surface area contributed by atoms with Crippen LogP contribution in [-0.2, 0) is 9.53 Å². The molecule has 6 nitrogen and oxygen atoms in total. The van der Waals surface area contributed by atoms with Crippen LogP contribution in [0.1, 0.15) is 10.4 Å². The number of rotatable bonds is 3. The van der Waals surface area contributed by atoms with Crippen molar-refractivity contribution in [3.8, 4) is 0 Å². The van der Waals surface area contributed by atoms with Gasteiger partial charge in [0.05, 0.1) is 12.2 Å². The summed E-state index contributed by atoms with van der Waals surface area (Å²) in [5, 5.41) is 5.68. The molecule has 1 unspecified atom stereocenters. The molecule has 22 heavy (non-hydrogen) atoms. The molecular weight excluding hydrogens is 313 g/mol. The van der Waals surface area contributed by atoms with Gasteiger partial charge in [0.1, 0.15) is 11.9 Å². The van der Waals surface area contributed by atoms with E-state index < -0.39 is 17.8 Å². The van der Waals surface area contributed by atoms with Crippen LogP contribution in [0.15, 0.2) is 18.2 Å². The average molecular weight is 332 g/mol. The Morgan fingerprint density at radius 1 is 1.41 bits per heavy atom. The molecule has 1 saturated heterocycles. The molecule has 122 valence electrons. The first-order chi connectivity index (χ1) is 9.99. The van der Waals surface area contributed by atoms with Gasteiger partial charge in [0.15, 0.2) is 0 Å². The van der Waals surface area contributed by atoms with Gasteiger partial charge in [0.2, 0.25) is 0 Å². The molecule has 1 aliphatic heterocycles. The molecule has 2 N–H and O–H groups in total. The van der Waals surface area contributed by atoms with E-state index >= 15 is 0 Å². The Balaban J connectivity index is 0.00000242. The molecule has 0 aromatic heterocycles. The normalized spacial score (nSPS) is 17.3. The van der Waals surface area contributed by atoms with Crippen LogP contribution < -0.4 is 10.6 Å². The van der Waals surface area contributed by atoms with E-state index in [1.165, 1.54) is 31.1 Å². The molecule has 1 aliphatic rings. The Hall–Kier alpha value is -1.70. The smallest absolute Gasteiger partial charge is 0.256 e. The number of carbonyl (C=O) groups is 2. The lowest BCUT2D eigenvalue weighted by Crippen LogP contribution is -2.45. The van der Waals surface area contributed by atoms with E-state index in [0.717, 1.165) is 6.07 Å². The molecule has 0 bridgehead atoms. The summed E-state index contributed by atoms with van der Waals surface area (Å²) in [5.41, 5.74) is 0.279. The molecule has 0 radical (unpaired) electrons. The summed E-state index contributed by atoms with van der Waals surface area (Å²) in [6, 6.07) is 3.90. The first kappa shape index (κ1) is 18.3. The fraction of sp³-hybridized carbons (Fsp3) is 0.429. The Bertz CT molecular complexity index is 548. The standard InChI is InChI=1S/C14H18FN3O3.ClH/c1-18(2)14(20)10-7-9(3-4-11(10)15)17-13(19)12-8-16-5-6-21-12;/h3-4,7,12,16H,5-6,8H2,1-2H3,(H,17,19);1H.